The molecule has 3 rings (SSSR count). The zero-order valence-electron chi connectivity index (χ0n) is 12.2. The number of likely N-dealkylation sites (tertiary alicyclic amines) is 1. The third-order valence-corrected chi connectivity index (χ3v) is 4.83. The number of piperidine rings is 1. The molecular weight excluding hydrogens is 395 g/mol. The van der Waals surface area contributed by atoms with Gasteiger partial charge >= 0.3 is 12.1 Å². The van der Waals surface area contributed by atoms with Gasteiger partial charge in [-0.25, -0.2) is 9.59 Å². The maximum atomic E-state index is 12.4. The van der Waals surface area contributed by atoms with Crippen LogP contribution in [0.25, 0.3) is 0 Å². The monoisotopic (exact) mass is 414 g/mol. The van der Waals surface area contributed by atoms with Crippen molar-refractivity contribution in [1.82, 2.24) is 15.1 Å². The molecule has 4 amide bonds. The van der Waals surface area contributed by atoms with E-state index in [1.165, 1.54) is 0 Å². The van der Waals surface area contributed by atoms with Crippen LogP contribution in [0.2, 0.25) is 0 Å². The lowest BCUT2D eigenvalue weighted by atomic mass is 10.0. The van der Waals surface area contributed by atoms with Crippen molar-refractivity contribution in [2.75, 3.05) is 31.5 Å². The van der Waals surface area contributed by atoms with Gasteiger partial charge in [-0.15, -0.1) is 0 Å². The second kappa shape index (κ2) is 6.72. The first-order chi connectivity index (χ1) is 10.6. The molecular formula is C15H19IN4O2. The number of rotatable bonds is 2. The second-order valence-corrected chi connectivity index (χ2v) is 6.85. The normalized spacial score (nSPS) is 21.7. The summed E-state index contributed by atoms with van der Waals surface area (Å²) in [6.45, 7) is 2.77. The molecule has 118 valence electrons. The Hall–Kier alpha value is -1.51. The van der Waals surface area contributed by atoms with E-state index in [9.17, 15) is 9.59 Å². The fourth-order valence-corrected chi connectivity index (χ4v) is 3.32. The van der Waals surface area contributed by atoms with Gasteiger partial charge in [-0.05, 0) is 59.7 Å². The van der Waals surface area contributed by atoms with Gasteiger partial charge in [-0.3, -0.25) is 0 Å². The van der Waals surface area contributed by atoms with E-state index in [1.807, 2.05) is 29.2 Å². The number of hydrogen-bond donors (Lipinski definition) is 2. The smallest absolute Gasteiger partial charge is 0.321 e. The maximum Gasteiger partial charge on any atom is 0.321 e. The molecule has 2 N–H and O–H groups in total. The van der Waals surface area contributed by atoms with Gasteiger partial charge in [0, 0.05) is 35.4 Å². The first-order valence-corrected chi connectivity index (χ1v) is 8.57. The number of halogens is 1. The standard InChI is InChI=1S/C15H19IN4O2/c16-11-3-5-12(6-4-11)18-15(22)19-8-1-2-13(10-19)20-9-7-17-14(20)21/h3-6,13H,1-2,7-10H2,(H,17,21)(H,18,22)/t13-/m0/s1. The van der Waals surface area contributed by atoms with Crippen LogP contribution >= 0.6 is 22.6 Å². The number of amides is 4. The molecule has 0 spiro atoms. The number of carbonyl (C=O) groups is 2. The summed E-state index contributed by atoms with van der Waals surface area (Å²) in [4.78, 5) is 27.8. The topological polar surface area (TPSA) is 64.7 Å². The Kier molecular flexibility index (Phi) is 4.70. The summed E-state index contributed by atoms with van der Waals surface area (Å²) >= 11 is 2.23. The molecule has 1 atom stereocenters. The zero-order valence-corrected chi connectivity index (χ0v) is 14.4. The number of benzene rings is 1. The van der Waals surface area contributed by atoms with Crippen LogP contribution in [0.15, 0.2) is 24.3 Å². The van der Waals surface area contributed by atoms with Crippen LogP contribution in [0.4, 0.5) is 15.3 Å². The molecule has 0 unspecified atom stereocenters. The Morgan fingerprint density at radius 1 is 1.27 bits per heavy atom. The van der Waals surface area contributed by atoms with Crippen LogP contribution in [0, 0.1) is 3.57 Å². The Morgan fingerprint density at radius 2 is 2.05 bits per heavy atom. The van der Waals surface area contributed by atoms with Crippen molar-refractivity contribution >= 4 is 40.3 Å². The third-order valence-electron chi connectivity index (χ3n) is 4.11. The Balaban J connectivity index is 1.60. The average molecular weight is 414 g/mol. The van der Waals surface area contributed by atoms with Crippen molar-refractivity contribution in [2.24, 2.45) is 0 Å². The molecule has 2 heterocycles. The van der Waals surface area contributed by atoms with Gasteiger partial charge in [0.1, 0.15) is 0 Å². The molecule has 0 aliphatic carbocycles. The highest BCUT2D eigenvalue weighted by molar-refractivity contribution is 14.1. The lowest BCUT2D eigenvalue weighted by Gasteiger charge is -2.36. The van der Waals surface area contributed by atoms with Crippen LogP contribution in [0.1, 0.15) is 12.8 Å². The van der Waals surface area contributed by atoms with E-state index in [0.717, 1.165) is 35.2 Å². The highest BCUT2D eigenvalue weighted by atomic mass is 127. The van der Waals surface area contributed by atoms with Crippen LogP contribution < -0.4 is 10.6 Å². The van der Waals surface area contributed by atoms with E-state index < -0.39 is 0 Å². The first-order valence-electron chi connectivity index (χ1n) is 7.49. The van der Waals surface area contributed by atoms with Crippen LogP contribution in [0.5, 0.6) is 0 Å². The predicted octanol–water partition coefficient (Wildman–Crippen LogP) is 2.31. The lowest BCUT2D eigenvalue weighted by molar-refractivity contribution is 0.139. The van der Waals surface area contributed by atoms with Gasteiger partial charge in [0.25, 0.3) is 0 Å². The summed E-state index contributed by atoms with van der Waals surface area (Å²) in [6, 6.07) is 7.74. The summed E-state index contributed by atoms with van der Waals surface area (Å²) < 4.78 is 1.13. The summed E-state index contributed by atoms with van der Waals surface area (Å²) in [5.41, 5.74) is 0.798. The predicted molar refractivity (Wildman–Crippen MR) is 92.9 cm³/mol. The van der Waals surface area contributed by atoms with E-state index in [4.69, 9.17) is 0 Å². The number of hydrogen-bond acceptors (Lipinski definition) is 2. The molecule has 2 aliphatic heterocycles. The number of nitrogens with zero attached hydrogens (tertiary/aromatic N) is 2. The lowest BCUT2D eigenvalue weighted by Crippen LogP contribution is -2.51. The molecule has 2 saturated heterocycles. The molecule has 22 heavy (non-hydrogen) atoms. The summed E-state index contributed by atoms with van der Waals surface area (Å²) in [7, 11) is 0. The minimum absolute atomic E-state index is 0.00936. The highest BCUT2D eigenvalue weighted by Crippen LogP contribution is 2.19. The molecule has 0 bridgehead atoms. The number of anilines is 1. The SMILES string of the molecule is O=C(Nc1ccc(I)cc1)N1CCC[C@H](N2CCNC2=O)C1. The number of carbonyl (C=O) groups excluding carboxylic acids is 2. The summed E-state index contributed by atoms with van der Waals surface area (Å²) in [5.74, 6) is 0. The minimum atomic E-state index is -0.0921. The van der Waals surface area contributed by atoms with Crippen LogP contribution in [-0.4, -0.2) is 54.1 Å². The molecule has 6 nitrogen and oxygen atoms in total. The fourth-order valence-electron chi connectivity index (χ4n) is 2.96. The Labute approximate surface area is 143 Å². The van der Waals surface area contributed by atoms with Gasteiger partial charge in [0.05, 0.1) is 6.04 Å². The van der Waals surface area contributed by atoms with Gasteiger partial charge in [0.2, 0.25) is 0 Å². The van der Waals surface area contributed by atoms with Crippen LogP contribution in [-0.2, 0) is 0 Å². The molecule has 2 aliphatic rings. The summed E-state index contributed by atoms with van der Waals surface area (Å²) in [6.07, 6.45) is 1.88. The van der Waals surface area contributed by atoms with Crippen molar-refractivity contribution in [2.45, 2.75) is 18.9 Å². The minimum Gasteiger partial charge on any atom is -0.336 e. The average Bonchev–Trinajstić information content (AvgIpc) is 2.96. The van der Waals surface area contributed by atoms with E-state index in [2.05, 4.69) is 33.2 Å². The molecule has 1 aromatic carbocycles. The quantitative estimate of drug-likeness (QED) is 0.730. The number of urea groups is 2. The van der Waals surface area contributed by atoms with Crippen molar-refractivity contribution in [3.05, 3.63) is 27.8 Å². The maximum absolute atomic E-state index is 12.4. The van der Waals surface area contributed by atoms with Crippen molar-refractivity contribution in [3.8, 4) is 0 Å². The van der Waals surface area contributed by atoms with Gasteiger partial charge in [0.15, 0.2) is 0 Å². The molecule has 0 aromatic heterocycles. The molecule has 1 aromatic rings. The number of nitrogens with one attached hydrogen (secondary N) is 2. The van der Waals surface area contributed by atoms with Crippen LogP contribution in [0.3, 0.4) is 0 Å². The van der Waals surface area contributed by atoms with Gasteiger partial charge < -0.3 is 20.4 Å². The Morgan fingerprint density at radius 3 is 2.73 bits per heavy atom. The van der Waals surface area contributed by atoms with Gasteiger partial charge in [-0.1, -0.05) is 0 Å². The second-order valence-electron chi connectivity index (χ2n) is 5.60. The highest BCUT2D eigenvalue weighted by Gasteiger charge is 2.32. The van der Waals surface area contributed by atoms with Crippen molar-refractivity contribution in [1.29, 1.82) is 0 Å². The first kappa shape index (κ1) is 15.4. The molecule has 0 radical (unpaired) electrons. The van der Waals surface area contributed by atoms with E-state index in [0.29, 0.717) is 13.1 Å². The molecule has 0 saturated carbocycles. The molecule has 2 fully saturated rings. The van der Waals surface area contributed by atoms with E-state index in [1.54, 1.807) is 4.90 Å². The van der Waals surface area contributed by atoms with E-state index >= 15 is 0 Å². The fraction of sp³-hybridized carbons (Fsp3) is 0.467. The van der Waals surface area contributed by atoms with Crippen molar-refractivity contribution < 1.29 is 9.59 Å². The Bertz CT molecular complexity index is 563. The van der Waals surface area contributed by atoms with E-state index in [-0.39, 0.29) is 18.1 Å². The largest absolute Gasteiger partial charge is 0.336 e. The summed E-state index contributed by atoms with van der Waals surface area (Å²) in [5, 5.41) is 5.75. The van der Waals surface area contributed by atoms with Crippen molar-refractivity contribution in [3.63, 3.8) is 0 Å². The van der Waals surface area contributed by atoms with Gasteiger partial charge in [-0.2, -0.15) is 0 Å². The third kappa shape index (κ3) is 3.45. The molecule has 7 heteroatoms. The zero-order chi connectivity index (χ0) is 15.5.